The minimum absolute atomic E-state index is 0.0601. The molecule has 0 heterocycles. The van der Waals surface area contributed by atoms with Gasteiger partial charge in [-0.2, -0.15) is 0 Å². The Morgan fingerprint density at radius 2 is 1.95 bits per heavy atom. The molecule has 112 valence electrons. The standard InChI is InChI=1S/C14H27BrO3Si/c1-14(2,3)19(5,6)18-12(10-11-15)8-7-9-13(16)17-4/h10-12H,7-9H2,1-6H3/b11-10+/t12-/m0/s1. The monoisotopic (exact) mass is 350 g/mol. The maximum absolute atomic E-state index is 11.1. The third-order valence-corrected chi connectivity index (χ3v) is 8.45. The lowest BCUT2D eigenvalue weighted by Crippen LogP contribution is -2.43. The number of rotatable bonds is 7. The first-order valence-electron chi connectivity index (χ1n) is 6.65. The summed E-state index contributed by atoms with van der Waals surface area (Å²) < 4.78 is 11.0. The van der Waals surface area contributed by atoms with Crippen molar-refractivity contribution in [2.45, 2.75) is 64.3 Å². The van der Waals surface area contributed by atoms with Crippen molar-refractivity contribution in [1.82, 2.24) is 0 Å². The Morgan fingerprint density at radius 1 is 1.37 bits per heavy atom. The molecular weight excluding hydrogens is 324 g/mol. The van der Waals surface area contributed by atoms with Gasteiger partial charge in [-0.05, 0) is 36.0 Å². The number of methoxy groups -OCH3 is 1. The van der Waals surface area contributed by atoms with E-state index in [-0.39, 0.29) is 17.1 Å². The van der Waals surface area contributed by atoms with E-state index in [2.05, 4.69) is 54.5 Å². The van der Waals surface area contributed by atoms with Gasteiger partial charge in [0.15, 0.2) is 8.32 Å². The minimum Gasteiger partial charge on any atom is -0.469 e. The number of carbonyl (C=O) groups is 1. The molecule has 0 radical (unpaired) electrons. The molecule has 0 bridgehead atoms. The van der Waals surface area contributed by atoms with Crippen LogP contribution >= 0.6 is 15.9 Å². The molecule has 0 spiro atoms. The molecule has 19 heavy (non-hydrogen) atoms. The van der Waals surface area contributed by atoms with Gasteiger partial charge in [0, 0.05) is 6.42 Å². The van der Waals surface area contributed by atoms with E-state index in [1.165, 1.54) is 7.11 Å². The molecule has 0 rings (SSSR count). The highest BCUT2D eigenvalue weighted by atomic mass is 79.9. The third kappa shape index (κ3) is 7.27. The van der Waals surface area contributed by atoms with Gasteiger partial charge in [-0.15, -0.1) is 0 Å². The minimum atomic E-state index is -1.78. The number of hydrogen-bond donors (Lipinski definition) is 0. The van der Waals surface area contributed by atoms with Crippen molar-refractivity contribution in [1.29, 1.82) is 0 Å². The molecule has 3 nitrogen and oxygen atoms in total. The van der Waals surface area contributed by atoms with Crippen molar-refractivity contribution in [3.05, 3.63) is 11.1 Å². The molecule has 0 aromatic rings. The summed E-state index contributed by atoms with van der Waals surface area (Å²) in [4.78, 5) is 13.0. The average Bonchev–Trinajstić information content (AvgIpc) is 2.27. The second kappa shape index (κ2) is 8.22. The van der Waals surface area contributed by atoms with Crippen LogP contribution in [0.5, 0.6) is 0 Å². The summed E-state index contributed by atoms with van der Waals surface area (Å²) in [5.41, 5.74) is 0. The quantitative estimate of drug-likeness (QED) is 0.496. The summed E-state index contributed by atoms with van der Waals surface area (Å²) in [5, 5.41) is 0.188. The van der Waals surface area contributed by atoms with Crippen molar-refractivity contribution in [3.8, 4) is 0 Å². The van der Waals surface area contributed by atoms with Crippen LogP contribution in [-0.4, -0.2) is 27.5 Å². The van der Waals surface area contributed by atoms with Crippen LogP contribution in [-0.2, 0) is 14.0 Å². The zero-order valence-electron chi connectivity index (χ0n) is 13.0. The zero-order valence-corrected chi connectivity index (χ0v) is 15.5. The topological polar surface area (TPSA) is 35.5 Å². The van der Waals surface area contributed by atoms with Gasteiger partial charge < -0.3 is 9.16 Å². The zero-order chi connectivity index (χ0) is 15.1. The van der Waals surface area contributed by atoms with Gasteiger partial charge in [0.05, 0.1) is 13.2 Å². The molecule has 5 heteroatoms. The molecule has 0 fully saturated rings. The van der Waals surface area contributed by atoms with Gasteiger partial charge >= 0.3 is 5.97 Å². The number of ether oxygens (including phenoxy) is 1. The first-order chi connectivity index (χ1) is 8.64. The van der Waals surface area contributed by atoms with E-state index in [0.717, 1.165) is 12.8 Å². The normalized spacial score (nSPS) is 14.7. The van der Waals surface area contributed by atoms with Crippen molar-refractivity contribution in [2.75, 3.05) is 7.11 Å². The van der Waals surface area contributed by atoms with E-state index in [0.29, 0.717) is 6.42 Å². The summed E-state index contributed by atoms with van der Waals surface area (Å²) >= 11 is 3.31. The van der Waals surface area contributed by atoms with Gasteiger partial charge in [-0.1, -0.05) is 42.8 Å². The average molecular weight is 351 g/mol. The van der Waals surface area contributed by atoms with Crippen LogP contribution in [0.1, 0.15) is 40.0 Å². The molecule has 0 saturated heterocycles. The van der Waals surface area contributed by atoms with Gasteiger partial charge in [0.25, 0.3) is 0 Å². The number of carbonyl (C=O) groups excluding carboxylic acids is 1. The molecule has 1 atom stereocenters. The highest BCUT2D eigenvalue weighted by Crippen LogP contribution is 2.37. The first kappa shape index (κ1) is 18.9. The van der Waals surface area contributed by atoms with E-state index >= 15 is 0 Å². The second-order valence-electron chi connectivity index (χ2n) is 6.20. The molecule has 0 unspecified atom stereocenters. The Morgan fingerprint density at radius 3 is 2.37 bits per heavy atom. The molecule has 0 aliphatic heterocycles. The van der Waals surface area contributed by atoms with E-state index in [1.807, 2.05) is 11.1 Å². The van der Waals surface area contributed by atoms with E-state index in [1.54, 1.807) is 0 Å². The third-order valence-electron chi connectivity index (χ3n) is 3.64. The Kier molecular flexibility index (Phi) is 8.16. The van der Waals surface area contributed by atoms with Crippen LogP contribution < -0.4 is 0 Å². The Bertz CT molecular complexity index is 308. The largest absolute Gasteiger partial charge is 0.469 e. The van der Waals surface area contributed by atoms with Gasteiger partial charge in [-0.25, -0.2) is 0 Å². The highest BCUT2D eigenvalue weighted by Gasteiger charge is 2.38. The summed E-state index contributed by atoms with van der Waals surface area (Å²) in [6, 6.07) is 0. The molecule has 0 N–H and O–H groups in total. The predicted octanol–water partition coefficient (Wildman–Crippen LogP) is 4.63. The summed E-state index contributed by atoms with van der Waals surface area (Å²) in [6.07, 6.45) is 4.14. The highest BCUT2D eigenvalue weighted by molar-refractivity contribution is 9.11. The van der Waals surface area contributed by atoms with Gasteiger partial charge in [0.2, 0.25) is 0 Å². The predicted molar refractivity (Wildman–Crippen MR) is 86.0 cm³/mol. The Balaban J connectivity index is 4.46. The number of halogens is 1. The summed E-state index contributed by atoms with van der Waals surface area (Å²) in [5.74, 6) is -0.158. The molecule has 0 aromatic carbocycles. The van der Waals surface area contributed by atoms with E-state index in [9.17, 15) is 4.79 Å². The summed E-state index contributed by atoms with van der Waals surface area (Å²) in [7, 11) is -0.358. The molecule has 0 aromatic heterocycles. The van der Waals surface area contributed by atoms with Crippen LogP contribution in [0.3, 0.4) is 0 Å². The van der Waals surface area contributed by atoms with Crippen LogP contribution in [0.4, 0.5) is 0 Å². The molecule has 0 amide bonds. The van der Waals surface area contributed by atoms with Crippen molar-refractivity contribution < 1.29 is 14.0 Å². The van der Waals surface area contributed by atoms with Gasteiger partial charge in [0.1, 0.15) is 0 Å². The number of esters is 1. The van der Waals surface area contributed by atoms with Crippen LogP contribution in [0.25, 0.3) is 0 Å². The lowest BCUT2D eigenvalue weighted by atomic mass is 10.1. The Hall–Kier alpha value is -0.133. The molecular formula is C14H27BrO3Si. The van der Waals surface area contributed by atoms with Crippen LogP contribution in [0.15, 0.2) is 11.1 Å². The smallest absolute Gasteiger partial charge is 0.305 e. The van der Waals surface area contributed by atoms with Crippen molar-refractivity contribution in [2.24, 2.45) is 0 Å². The van der Waals surface area contributed by atoms with Crippen molar-refractivity contribution >= 4 is 30.2 Å². The van der Waals surface area contributed by atoms with Crippen LogP contribution in [0, 0.1) is 0 Å². The fraction of sp³-hybridized carbons (Fsp3) is 0.786. The van der Waals surface area contributed by atoms with Crippen molar-refractivity contribution in [3.63, 3.8) is 0 Å². The summed E-state index contributed by atoms with van der Waals surface area (Å²) in [6.45, 7) is 11.2. The molecule has 0 saturated carbocycles. The first-order valence-corrected chi connectivity index (χ1v) is 10.5. The maximum Gasteiger partial charge on any atom is 0.305 e. The number of hydrogen-bond acceptors (Lipinski definition) is 3. The maximum atomic E-state index is 11.1. The molecule has 0 aliphatic carbocycles. The molecule has 0 aliphatic rings. The Labute approximate surface area is 127 Å². The lowest BCUT2D eigenvalue weighted by molar-refractivity contribution is -0.140. The SMILES string of the molecule is COC(=O)CCC[C@@H](/C=C/Br)O[Si](C)(C)C(C)(C)C. The lowest BCUT2D eigenvalue weighted by Gasteiger charge is -2.38. The fourth-order valence-corrected chi connectivity index (χ4v) is 3.03. The van der Waals surface area contributed by atoms with E-state index in [4.69, 9.17) is 4.43 Å². The van der Waals surface area contributed by atoms with Crippen LogP contribution in [0.2, 0.25) is 18.1 Å². The second-order valence-corrected chi connectivity index (χ2v) is 11.5. The fourth-order valence-electron chi connectivity index (χ4n) is 1.38. The van der Waals surface area contributed by atoms with Gasteiger partial charge in [-0.3, -0.25) is 4.79 Å². The van der Waals surface area contributed by atoms with E-state index < -0.39 is 8.32 Å².